The average molecular weight is 202 g/mol. The van der Waals surface area contributed by atoms with Gasteiger partial charge in [0.05, 0.1) is 17.6 Å². The Labute approximate surface area is 86.0 Å². The highest BCUT2D eigenvalue weighted by atomic mass is 16.1. The smallest absolute Gasteiger partial charge is 0.309 e. The molecule has 2 N–H and O–H groups in total. The molecule has 0 saturated heterocycles. The minimum atomic E-state index is -0.212. The van der Waals surface area contributed by atoms with E-state index in [1.807, 2.05) is 24.4 Å². The van der Waals surface area contributed by atoms with Crippen molar-refractivity contribution < 1.29 is 0 Å². The fraction of sp³-hybridized carbons (Fsp3) is 0.200. The van der Waals surface area contributed by atoms with Gasteiger partial charge in [0.1, 0.15) is 0 Å². The second-order valence-electron chi connectivity index (χ2n) is 3.42. The van der Waals surface area contributed by atoms with Crippen molar-refractivity contribution >= 4 is 11.0 Å². The van der Waals surface area contributed by atoms with Crippen LogP contribution in [-0.2, 0) is 6.54 Å². The molecule has 2 aromatic rings. The van der Waals surface area contributed by atoms with Crippen LogP contribution in [0.1, 0.15) is 5.56 Å². The number of imidazole rings is 1. The van der Waals surface area contributed by atoms with Gasteiger partial charge in [-0.2, -0.15) is 5.26 Å². The first-order chi connectivity index (χ1) is 7.19. The number of hydrogen-bond donors (Lipinski definition) is 2. The van der Waals surface area contributed by atoms with E-state index < -0.39 is 0 Å². The summed E-state index contributed by atoms with van der Waals surface area (Å²) in [5.41, 5.74) is 2.32. The third kappa shape index (κ3) is 1.83. The van der Waals surface area contributed by atoms with Crippen molar-refractivity contribution in [3.63, 3.8) is 0 Å². The van der Waals surface area contributed by atoms with Crippen LogP contribution in [0, 0.1) is 11.5 Å². The molecule has 0 aliphatic rings. The third-order valence-electron chi connectivity index (χ3n) is 2.17. The molecule has 0 aliphatic heterocycles. The van der Waals surface area contributed by atoms with Crippen LogP contribution in [0.25, 0.3) is 11.0 Å². The second kappa shape index (κ2) is 3.50. The highest BCUT2D eigenvalue weighted by molar-refractivity contribution is 5.74. The van der Waals surface area contributed by atoms with Crippen LogP contribution >= 0.6 is 0 Å². The minimum absolute atomic E-state index is 0.212. The molecular weight excluding hydrogens is 192 g/mol. The zero-order valence-corrected chi connectivity index (χ0v) is 8.24. The summed E-state index contributed by atoms with van der Waals surface area (Å²) >= 11 is 0. The number of rotatable bonds is 2. The summed E-state index contributed by atoms with van der Waals surface area (Å²) in [6.07, 6.45) is 2.02. The topological polar surface area (TPSA) is 75.7 Å². The summed E-state index contributed by atoms with van der Waals surface area (Å²) in [6, 6.07) is 5.58. The van der Waals surface area contributed by atoms with E-state index in [-0.39, 0.29) is 5.69 Å². The maximum Gasteiger partial charge on any atom is 0.323 e. The molecule has 15 heavy (non-hydrogen) atoms. The molecule has 0 atom stereocenters. The number of nitriles is 1. The van der Waals surface area contributed by atoms with Crippen LogP contribution in [0.3, 0.4) is 0 Å². The number of aromatic amines is 2. The Morgan fingerprint density at radius 2 is 2.13 bits per heavy atom. The van der Waals surface area contributed by atoms with Crippen molar-refractivity contribution in [2.45, 2.75) is 6.54 Å². The number of H-pyrrole nitrogens is 2. The standard InChI is InChI=1S/C10H10N4O/c1-14(6-11)5-7-2-3-8-9(4-7)13-10(15)12-8/h2-4H,5H2,1H3,(H2,12,13,15). The molecule has 0 fully saturated rings. The molecule has 0 unspecified atom stereocenters. The van der Waals surface area contributed by atoms with Crippen molar-refractivity contribution in [1.82, 2.24) is 14.9 Å². The van der Waals surface area contributed by atoms with Crippen molar-refractivity contribution in [3.8, 4) is 6.19 Å². The number of aromatic nitrogens is 2. The zero-order valence-electron chi connectivity index (χ0n) is 8.24. The van der Waals surface area contributed by atoms with Crippen LogP contribution in [0.2, 0.25) is 0 Å². The Balaban J connectivity index is 2.39. The summed E-state index contributed by atoms with van der Waals surface area (Å²) < 4.78 is 0. The zero-order chi connectivity index (χ0) is 10.8. The van der Waals surface area contributed by atoms with E-state index in [1.54, 1.807) is 7.05 Å². The number of nitrogens with zero attached hydrogens (tertiary/aromatic N) is 2. The Morgan fingerprint density at radius 1 is 1.40 bits per heavy atom. The lowest BCUT2D eigenvalue weighted by Gasteiger charge is -2.07. The number of nitrogens with one attached hydrogen (secondary N) is 2. The summed E-state index contributed by atoms with van der Waals surface area (Å²) in [4.78, 5) is 17.9. The van der Waals surface area contributed by atoms with E-state index >= 15 is 0 Å². The van der Waals surface area contributed by atoms with E-state index in [0.717, 1.165) is 16.6 Å². The lowest BCUT2D eigenvalue weighted by Crippen LogP contribution is -2.09. The van der Waals surface area contributed by atoms with E-state index in [9.17, 15) is 4.79 Å². The van der Waals surface area contributed by atoms with Gasteiger partial charge in [-0.25, -0.2) is 4.79 Å². The van der Waals surface area contributed by atoms with Crippen LogP contribution in [0.5, 0.6) is 0 Å². The van der Waals surface area contributed by atoms with Gasteiger partial charge < -0.3 is 14.9 Å². The van der Waals surface area contributed by atoms with Gasteiger partial charge in [-0.3, -0.25) is 0 Å². The van der Waals surface area contributed by atoms with Crippen molar-refractivity contribution in [1.29, 1.82) is 5.26 Å². The molecule has 0 radical (unpaired) electrons. The Morgan fingerprint density at radius 3 is 2.87 bits per heavy atom. The van der Waals surface area contributed by atoms with Gasteiger partial charge in [0, 0.05) is 7.05 Å². The van der Waals surface area contributed by atoms with E-state index in [1.165, 1.54) is 4.90 Å². The van der Waals surface area contributed by atoms with Gasteiger partial charge in [0.25, 0.3) is 0 Å². The highest BCUT2D eigenvalue weighted by Crippen LogP contribution is 2.11. The molecule has 0 saturated carbocycles. The average Bonchev–Trinajstić information content (AvgIpc) is 2.57. The molecule has 5 nitrogen and oxygen atoms in total. The van der Waals surface area contributed by atoms with Crippen LogP contribution in [0.4, 0.5) is 0 Å². The maximum atomic E-state index is 11.0. The number of hydrogen-bond acceptors (Lipinski definition) is 3. The first kappa shape index (κ1) is 9.34. The van der Waals surface area contributed by atoms with Crippen LogP contribution < -0.4 is 5.69 Å². The van der Waals surface area contributed by atoms with Gasteiger partial charge >= 0.3 is 5.69 Å². The molecule has 0 aliphatic carbocycles. The molecule has 1 aromatic heterocycles. The molecule has 1 heterocycles. The fourth-order valence-corrected chi connectivity index (χ4v) is 1.49. The van der Waals surface area contributed by atoms with E-state index in [0.29, 0.717) is 6.54 Å². The fourth-order valence-electron chi connectivity index (χ4n) is 1.49. The first-order valence-electron chi connectivity index (χ1n) is 4.51. The summed E-state index contributed by atoms with van der Waals surface area (Å²) in [7, 11) is 1.71. The third-order valence-corrected chi connectivity index (χ3v) is 2.17. The first-order valence-corrected chi connectivity index (χ1v) is 4.51. The van der Waals surface area contributed by atoms with Gasteiger partial charge in [-0.1, -0.05) is 6.07 Å². The van der Waals surface area contributed by atoms with Crippen LogP contribution in [-0.4, -0.2) is 21.9 Å². The quantitative estimate of drug-likeness (QED) is 0.557. The van der Waals surface area contributed by atoms with Gasteiger partial charge in [-0.15, -0.1) is 0 Å². The molecule has 76 valence electrons. The van der Waals surface area contributed by atoms with Crippen LogP contribution in [0.15, 0.2) is 23.0 Å². The molecule has 5 heteroatoms. The molecule has 2 rings (SSSR count). The molecule has 1 aromatic carbocycles. The summed E-state index contributed by atoms with van der Waals surface area (Å²) in [5.74, 6) is 0. The van der Waals surface area contributed by atoms with Crippen molar-refractivity contribution in [2.24, 2.45) is 0 Å². The summed E-state index contributed by atoms with van der Waals surface area (Å²) in [5, 5.41) is 8.63. The SMILES string of the molecule is CN(C#N)Cc1ccc2[nH]c(=O)[nH]c2c1. The second-order valence-corrected chi connectivity index (χ2v) is 3.42. The summed E-state index contributed by atoms with van der Waals surface area (Å²) in [6.45, 7) is 0.541. The van der Waals surface area contributed by atoms with Crippen molar-refractivity contribution in [3.05, 3.63) is 34.2 Å². The minimum Gasteiger partial charge on any atom is -0.309 e. The monoisotopic (exact) mass is 202 g/mol. The maximum absolute atomic E-state index is 11.0. The predicted octanol–water partition coefficient (Wildman–Crippen LogP) is 0.769. The Hall–Kier alpha value is -2.22. The largest absolute Gasteiger partial charge is 0.323 e. The lowest BCUT2D eigenvalue weighted by molar-refractivity contribution is 0.470. The normalized spacial score (nSPS) is 10.1. The molecule has 0 bridgehead atoms. The molecule has 0 amide bonds. The van der Waals surface area contributed by atoms with Gasteiger partial charge in [0.2, 0.25) is 0 Å². The molecule has 0 spiro atoms. The Kier molecular flexibility index (Phi) is 2.18. The highest BCUT2D eigenvalue weighted by Gasteiger charge is 2.01. The Bertz CT molecular complexity index is 575. The van der Waals surface area contributed by atoms with Crippen molar-refractivity contribution in [2.75, 3.05) is 7.05 Å². The van der Waals surface area contributed by atoms with E-state index in [4.69, 9.17) is 5.26 Å². The van der Waals surface area contributed by atoms with E-state index in [2.05, 4.69) is 9.97 Å². The van der Waals surface area contributed by atoms with Gasteiger partial charge in [-0.05, 0) is 17.7 Å². The lowest BCUT2D eigenvalue weighted by atomic mass is 10.2. The number of benzene rings is 1. The molecular formula is C10H10N4O. The number of fused-ring (bicyclic) bond motifs is 1. The van der Waals surface area contributed by atoms with Gasteiger partial charge in [0.15, 0.2) is 6.19 Å². The predicted molar refractivity (Wildman–Crippen MR) is 56.0 cm³/mol.